The minimum atomic E-state index is 0.191. The summed E-state index contributed by atoms with van der Waals surface area (Å²) in [6.07, 6.45) is 1.02. The molecule has 0 saturated carbocycles. The number of pyridine rings is 1. The van der Waals surface area contributed by atoms with Crippen LogP contribution in [0.1, 0.15) is 44.5 Å². The van der Waals surface area contributed by atoms with Crippen molar-refractivity contribution in [3.8, 4) is 0 Å². The molecule has 0 radical (unpaired) electrons. The molecule has 1 aliphatic rings. The maximum atomic E-state index is 11.9. The zero-order valence-corrected chi connectivity index (χ0v) is 11.3. The predicted octanol–water partition coefficient (Wildman–Crippen LogP) is 3.07. The Bertz CT molecular complexity index is 441. The summed E-state index contributed by atoms with van der Waals surface area (Å²) in [4.78, 5) is 11.9. The molecule has 1 aromatic heterocycles. The van der Waals surface area contributed by atoms with Gasteiger partial charge in [0, 0.05) is 17.8 Å². The number of rotatable bonds is 0. The smallest absolute Gasteiger partial charge is 0.253 e. The number of hydrogen-bond acceptors (Lipinski definition) is 1. The fraction of sp³-hybridized carbons (Fsp3) is 0.643. The first-order valence-corrected chi connectivity index (χ1v) is 6.11. The molecule has 0 aromatic carbocycles. The molecule has 1 aliphatic heterocycles. The van der Waals surface area contributed by atoms with Gasteiger partial charge in [0.2, 0.25) is 0 Å². The Hall–Kier alpha value is -1.05. The number of hydrogen-bond donors (Lipinski definition) is 0. The van der Waals surface area contributed by atoms with Crippen LogP contribution in [0.15, 0.2) is 10.9 Å². The first kappa shape index (κ1) is 13.0. The fourth-order valence-corrected chi connectivity index (χ4v) is 2.36. The van der Waals surface area contributed by atoms with Crippen LogP contribution in [-0.2, 0) is 13.0 Å². The quantitative estimate of drug-likeness (QED) is 0.660. The van der Waals surface area contributed by atoms with E-state index in [9.17, 15) is 4.79 Å². The highest BCUT2D eigenvalue weighted by Crippen LogP contribution is 2.31. The largest absolute Gasteiger partial charge is 0.312 e. The third kappa shape index (κ3) is 2.21. The van der Waals surface area contributed by atoms with Crippen molar-refractivity contribution in [2.45, 2.75) is 54.5 Å². The van der Waals surface area contributed by atoms with E-state index in [4.69, 9.17) is 0 Å². The van der Waals surface area contributed by atoms with Gasteiger partial charge in [-0.05, 0) is 37.3 Å². The van der Waals surface area contributed by atoms with Gasteiger partial charge in [-0.3, -0.25) is 4.79 Å². The molecule has 16 heavy (non-hydrogen) atoms. The molecular weight excluding hydrogens is 198 g/mol. The standard InChI is InChI=1S/C12H17NO.C2H6/c1-8-5-9(2)11(14)13-7-12(3,4)6-10(8)13;1-2/h5H,6-7H2,1-4H3;1-2H3. The lowest BCUT2D eigenvalue weighted by atomic mass is 9.90. The zero-order valence-electron chi connectivity index (χ0n) is 11.3. The summed E-state index contributed by atoms with van der Waals surface area (Å²) in [7, 11) is 0. The highest BCUT2D eigenvalue weighted by Gasteiger charge is 2.30. The number of fused-ring (bicyclic) bond motifs is 1. The highest BCUT2D eigenvalue weighted by atomic mass is 16.1. The summed E-state index contributed by atoms with van der Waals surface area (Å²) in [6, 6.07) is 2.01. The van der Waals surface area contributed by atoms with Crippen LogP contribution >= 0.6 is 0 Å². The van der Waals surface area contributed by atoms with Gasteiger partial charge < -0.3 is 4.57 Å². The predicted molar refractivity (Wildman–Crippen MR) is 69.0 cm³/mol. The van der Waals surface area contributed by atoms with E-state index in [1.807, 2.05) is 31.4 Å². The normalized spacial score (nSPS) is 16.4. The highest BCUT2D eigenvalue weighted by molar-refractivity contribution is 5.28. The summed E-state index contributed by atoms with van der Waals surface area (Å²) >= 11 is 0. The van der Waals surface area contributed by atoms with Crippen molar-refractivity contribution in [3.63, 3.8) is 0 Å². The molecule has 0 bridgehead atoms. The molecular formula is C14H23NO. The van der Waals surface area contributed by atoms with Crippen LogP contribution < -0.4 is 5.56 Å². The van der Waals surface area contributed by atoms with Crippen molar-refractivity contribution in [3.05, 3.63) is 33.2 Å². The van der Waals surface area contributed by atoms with Gasteiger partial charge in [0.25, 0.3) is 5.56 Å². The van der Waals surface area contributed by atoms with Gasteiger partial charge in [0.15, 0.2) is 0 Å². The summed E-state index contributed by atoms with van der Waals surface area (Å²) in [5.41, 5.74) is 3.78. The van der Waals surface area contributed by atoms with Crippen molar-refractivity contribution >= 4 is 0 Å². The second-order valence-corrected chi connectivity index (χ2v) is 5.19. The van der Waals surface area contributed by atoms with E-state index in [-0.39, 0.29) is 11.0 Å². The van der Waals surface area contributed by atoms with Crippen LogP contribution in [0.5, 0.6) is 0 Å². The van der Waals surface area contributed by atoms with Crippen molar-refractivity contribution < 1.29 is 0 Å². The molecule has 0 aliphatic carbocycles. The lowest BCUT2D eigenvalue weighted by molar-refractivity contribution is 0.357. The molecule has 0 amide bonds. The first-order chi connectivity index (χ1) is 7.41. The lowest BCUT2D eigenvalue weighted by Crippen LogP contribution is -2.24. The summed E-state index contributed by atoms with van der Waals surface area (Å²) in [6.45, 7) is 13.3. The Balaban J connectivity index is 0.000000606. The number of aromatic nitrogens is 1. The van der Waals surface area contributed by atoms with Crippen LogP contribution in [0.3, 0.4) is 0 Å². The average molecular weight is 221 g/mol. The Morgan fingerprint density at radius 2 is 1.75 bits per heavy atom. The molecule has 1 aromatic rings. The molecule has 0 unspecified atom stereocenters. The van der Waals surface area contributed by atoms with Crippen LogP contribution in [0.25, 0.3) is 0 Å². The average Bonchev–Trinajstić information content (AvgIpc) is 2.55. The molecule has 0 saturated heterocycles. The molecule has 2 heterocycles. The van der Waals surface area contributed by atoms with E-state index in [0.29, 0.717) is 0 Å². The van der Waals surface area contributed by atoms with Crippen molar-refractivity contribution in [1.82, 2.24) is 4.57 Å². The minimum Gasteiger partial charge on any atom is -0.312 e. The monoisotopic (exact) mass is 221 g/mol. The molecule has 2 nitrogen and oxygen atoms in total. The maximum absolute atomic E-state index is 11.9. The van der Waals surface area contributed by atoms with Crippen LogP contribution in [0, 0.1) is 19.3 Å². The van der Waals surface area contributed by atoms with Crippen molar-refractivity contribution in [1.29, 1.82) is 0 Å². The van der Waals surface area contributed by atoms with E-state index in [0.717, 1.165) is 18.5 Å². The molecule has 0 N–H and O–H groups in total. The second kappa shape index (κ2) is 4.44. The number of aryl methyl sites for hydroxylation is 2. The van der Waals surface area contributed by atoms with Crippen molar-refractivity contribution in [2.75, 3.05) is 0 Å². The van der Waals surface area contributed by atoms with Gasteiger partial charge in [-0.15, -0.1) is 0 Å². The summed E-state index contributed by atoms with van der Waals surface area (Å²) in [5, 5.41) is 0. The minimum absolute atomic E-state index is 0.191. The topological polar surface area (TPSA) is 22.0 Å². The van der Waals surface area contributed by atoms with Crippen LogP contribution in [0.4, 0.5) is 0 Å². The Morgan fingerprint density at radius 3 is 2.31 bits per heavy atom. The molecule has 0 atom stereocenters. The second-order valence-electron chi connectivity index (χ2n) is 5.19. The molecule has 2 rings (SSSR count). The Labute approximate surface area is 98.3 Å². The Kier molecular flexibility index (Phi) is 3.61. The van der Waals surface area contributed by atoms with Gasteiger partial charge in [-0.1, -0.05) is 27.7 Å². The molecule has 90 valence electrons. The van der Waals surface area contributed by atoms with Gasteiger partial charge in [-0.25, -0.2) is 0 Å². The van der Waals surface area contributed by atoms with Crippen LogP contribution in [-0.4, -0.2) is 4.57 Å². The summed E-state index contributed by atoms with van der Waals surface area (Å²) < 4.78 is 1.95. The maximum Gasteiger partial charge on any atom is 0.253 e. The molecule has 0 spiro atoms. The van der Waals surface area contributed by atoms with E-state index in [2.05, 4.69) is 20.8 Å². The van der Waals surface area contributed by atoms with Crippen molar-refractivity contribution in [2.24, 2.45) is 5.41 Å². The first-order valence-electron chi connectivity index (χ1n) is 6.11. The van der Waals surface area contributed by atoms with Gasteiger partial charge in [0.1, 0.15) is 0 Å². The molecule has 0 fully saturated rings. The SMILES string of the molecule is CC.Cc1cc(C)c(=O)n2c1CC(C)(C)C2. The van der Waals surface area contributed by atoms with E-state index >= 15 is 0 Å². The van der Waals surface area contributed by atoms with E-state index < -0.39 is 0 Å². The van der Waals surface area contributed by atoms with Gasteiger partial charge in [0.05, 0.1) is 0 Å². The molecule has 2 heteroatoms. The Morgan fingerprint density at radius 1 is 1.19 bits per heavy atom. The third-order valence-corrected chi connectivity index (χ3v) is 3.03. The van der Waals surface area contributed by atoms with Gasteiger partial charge in [-0.2, -0.15) is 0 Å². The zero-order chi connectivity index (χ0) is 12.5. The van der Waals surface area contributed by atoms with E-state index in [1.54, 1.807) is 0 Å². The fourth-order valence-electron chi connectivity index (χ4n) is 2.36. The summed E-state index contributed by atoms with van der Waals surface area (Å²) in [5.74, 6) is 0. The van der Waals surface area contributed by atoms with E-state index in [1.165, 1.54) is 11.3 Å². The van der Waals surface area contributed by atoms with Crippen LogP contribution in [0.2, 0.25) is 0 Å². The van der Waals surface area contributed by atoms with Gasteiger partial charge >= 0.3 is 0 Å². The lowest BCUT2D eigenvalue weighted by Gasteiger charge is -2.13. The number of nitrogens with zero attached hydrogens (tertiary/aromatic N) is 1. The third-order valence-electron chi connectivity index (χ3n) is 3.03.